The summed E-state index contributed by atoms with van der Waals surface area (Å²) < 4.78 is 1.79. The number of benzene rings is 1. The van der Waals surface area contributed by atoms with Gasteiger partial charge in [0.1, 0.15) is 0 Å². The van der Waals surface area contributed by atoms with Gasteiger partial charge in [0.25, 0.3) is 0 Å². The molecule has 0 aliphatic heterocycles. The molecular weight excluding hydrogens is 284 g/mol. The Morgan fingerprint density at radius 3 is 3.00 bits per heavy atom. The largest absolute Gasteiger partial charge is 0.344 e. The van der Waals surface area contributed by atoms with Crippen molar-refractivity contribution in [2.75, 3.05) is 6.54 Å². The molecule has 1 aromatic heterocycles. The van der Waals surface area contributed by atoms with E-state index in [2.05, 4.69) is 34.6 Å². The quantitative estimate of drug-likeness (QED) is 0.772. The topological polar surface area (TPSA) is 62.7 Å². The van der Waals surface area contributed by atoms with E-state index in [1.807, 2.05) is 12.1 Å². The number of rotatable bonds is 7. The molecule has 3 rings (SSSR count). The molecule has 1 fully saturated rings. The van der Waals surface area contributed by atoms with Gasteiger partial charge >= 0.3 is 5.69 Å². The molecule has 0 saturated heterocycles. The Bertz CT molecular complexity index is 660. The number of hydrogen-bond donors (Lipinski definition) is 2. The van der Waals surface area contributed by atoms with Crippen LogP contribution in [0.15, 0.2) is 39.1 Å². The van der Waals surface area contributed by atoms with Crippen molar-refractivity contribution in [1.82, 2.24) is 20.1 Å². The van der Waals surface area contributed by atoms with Gasteiger partial charge in [-0.2, -0.15) is 0 Å². The minimum absolute atomic E-state index is 0.0958. The van der Waals surface area contributed by atoms with Gasteiger partial charge in [-0.25, -0.2) is 9.89 Å². The summed E-state index contributed by atoms with van der Waals surface area (Å²) in [5.74, 6) is 0. The maximum atomic E-state index is 11.8. The average Bonchev–Trinajstić information content (AvgIpc) is 3.26. The van der Waals surface area contributed by atoms with Crippen LogP contribution in [-0.2, 0) is 6.54 Å². The van der Waals surface area contributed by atoms with Crippen molar-refractivity contribution in [1.29, 1.82) is 0 Å². The van der Waals surface area contributed by atoms with E-state index in [1.54, 1.807) is 16.3 Å². The molecule has 0 unspecified atom stereocenters. The lowest BCUT2D eigenvalue weighted by Gasteiger charge is -2.10. The second-order valence-electron chi connectivity index (χ2n) is 5.30. The average molecular weight is 304 g/mol. The Balaban J connectivity index is 1.80. The van der Waals surface area contributed by atoms with Crippen LogP contribution < -0.4 is 11.0 Å². The maximum Gasteiger partial charge on any atom is 0.344 e. The highest BCUT2D eigenvalue weighted by Gasteiger charge is 2.28. The zero-order valence-electron chi connectivity index (χ0n) is 12.1. The van der Waals surface area contributed by atoms with Crippen molar-refractivity contribution in [2.24, 2.45) is 0 Å². The van der Waals surface area contributed by atoms with E-state index in [0.29, 0.717) is 6.04 Å². The third-order valence-electron chi connectivity index (χ3n) is 3.50. The van der Waals surface area contributed by atoms with Crippen LogP contribution in [-0.4, -0.2) is 21.3 Å². The van der Waals surface area contributed by atoms with Gasteiger partial charge in [0.2, 0.25) is 0 Å². The maximum absolute atomic E-state index is 11.8. The van der Waals surface area contributed by atoms with Crippen LogP contribution in [0.4, 0.5) is 0 Å². The molecular formula is C15H20N4OS. The Labute approximate surface area is 128 Å². The van der Waals surface area contributed by atoms with E-state index in [9.17, 15) is 4.79 Å². The summed E-state index contributed by atoms with van der Waals surface area (Å²) in [7, 11) is 0. The zero-order valence-corrected chi connectivity index (χ0v) is 12.9. The third-order valence-corrected chi connectivity index (χ3v) is 4.59. The van der Waals surface area contributed by atoms with Crippen molar-refractivity contribution in [3.05, 3.63) is 40.3 Å². The highest BCUT2D eigenvalue weighted by atomic mass is 32.2. The summed E-state index contributed by atoms with van der Waals surface area (Å²) in [4.78, 5) is 13.0. The number of aromatic nitrogens is 3. The first-order valence-electron chi connectivity index (χ1n) is 7.43. The SMILES string of the molecule is CCCNCc1ccccc1Sc1n[nH]c(=O)n1C1CC1. The van der Waals surface area contributed by atoms with Crippen LogP contribution in [0.2, 0.25) is 0 Å². The van der Waals surface area contributed by atoms with Gasteiger partial charge in [0.05, 0.1) is 0 Å². The molecule has 1 heterocycles. The molecule has 0 atom stereocenters. The molecule has 1 aromatic carbocycles. The molecule has 0 amide bonds. The Morgan fingerprint density at radius 1 is 1.43 bits per heavy atom. The Morgan fingerprint density at radius 2 is 2.24 bits per heavy atom. The van der Waals surface area contributed by atoms with E-state index >= 15 is 0 Å². The predicted molar refractivity (Wildman–Crippen MR) is 83.7 cm³/mol. The molecule has 21 heavy (non-hydrogen) atoms. The van der Waals surface area contributed by atoms with Crippen LogP contribution in [0.25, 0.3) is 0 Å². The number of nitrogens with zero attached hydrogens (tertiary/aromatic N) is 2. The highest BCUT2D eigenvalue weighted by Crippen LogP contribution is 2.38. The van der Waals surface area contributed by atoms with Crippen LogP contribution >= 0.6 is 11.8 Å². The summed E-state index contributed by atoms with van der Waals surface area (Å²) in [6, 6.07) is 8.62. The fourth-order valence-corrected chi connectivity index (χ4v) is 3.30. The van der Waals surface area contributed by atoms with Crippen molar-refractivity contribution in [3.8, 4) is 0 Å². The standard InChI is InChI=1S/C15H20N4OS/c1-2-9-16-10-11-5-3-4-6-13(11)21-15-18-17-14(20)19(15)12-7-8-12/h3-6,12,16H,2,7-10H2,1H3,(H,17,20). The zero-order chi connectivity index (χ0) is 14.7. The summed E-state index contributed by atoms with van der Waals surface area (Å²) in [6.07, 6.45) is 3.27. The molecule has 5 nitrogen and oxygen atoms in total. The lowest BCUT2D eigenvalue weighted by molar-refractivity contribution is 0.641. The molecule has 1 saturated carbocycles. The van der Waals surface area contributed by atoms with E-state index in [1.165, 1.54) is 5.56 Å². The number of aromatic amines is 1. The minimum Gasteiger partial charge on any atom is -0.313 e. The van der Waals surface area contributed by atoms with Gasteiger partial charge in [-0.3, -0.25) is 4.57 Å². The fourth-order valence-electron chi connectivity index (χ4n) is 2.26. The van der Waals surface area contributed by atoms with Gasteiger partial charge in [-0.1, -0.05) is 25.1 Å². The second-order valence-corrected chi connectivity index (χ2v) is 6.31. The fraction of sp³-hybridized carbons (Fsp3) is 0.467. The van der Waals surface area contributed by atoms with Crippen molar-refractivity contribution < 1.29 is 0 Å². The highest BCUT2D eigenvalue weighted by molar-refractivity contribution is 7.99. The first-order chi connectivity index (χ1) is 10.3. The Kier molecular flexibility index (Phi) is 4.45. The number of nitrogens with one attached hydrogen (secondary N) is 2. The summed E-state index contributed by atoms with van der Waals surface area (Å²) in [6.45, 7) is 4.01. The van der Waals surface area contributed by atoms with Crippen molar-refractivity contribution in [3.63, 3.8) is 0 Å². The lowest BCUT2D eigenvalue weighted by Crippen LogP contribution is -2.16. The second kappa shape index (κ2) is 6.49. The first kappa shape index (κ1) is 14.4. The molecule has 0 spiro atoms. The molecule has 2 aromatic rings. The molecule has 112 valence electrons. The molecule has 0 radical (unpaired) electrons. The van der Waals surface area contributed by atoms with Gasteiger partial charge in [0.15, 0.2) is 5.16 Å². The number of hydrogen-bond acceptors (Lipinski definition) is 4. The first-order valence-corrected chi connectivity index (χ1v) is 8.24. The van der Waals surface area contributed by atoms with Gasteiger partial charge in [-0.15, -0.1) is 5.10 Å². The summed E-state index contributed by atoms with van der Waals surface area (Å²) >= 11 is 1.57. The van der Waals surface area contributed by atoms with E-state index in [0.717, 1.165) is 42.4 Å². The van der Waals surface area contributed by atoms with Gasteiger partial charge in [0, 0.05) is 17.5 Å². The van der Waals surface area contributed by atoms with E-state index in [4.69, 9.17) is 0 Å². The Hall–Kier alpha value is -1.53. The minimum atomic E-state index is -0.0958. The van der Waals surface area contributed by atoms with Crippen LogP contribution in [0.3, 0.4) is 0 Å². The summed E-state index contributed by atoms with van der Waals surface area (Å²) in [5.41, 5.74) is 1.15. The van der Waals surface area contributed by atoms with Gasteiger partial charge in [-0.05, 0) is 49.2 Å². The van der Waals surface area contributed by atoms with Crippen LogP contribution in [0.5, 0.6) is 0 Å². The molecule has 0 bridgehead atoms. The van der Waals surface area contributed by atoms with Crippen molar-refractivity contribution in [2.45, 2.75) is 48.8 Å². The number of H-pyrrole nitrogens is 1. The van der Waals surface area contributed by atoms with Crippen LogP contribution in [0.1, 0.15) is 37.8 Å². The summed E-state index contributed by atoms with van der Waals surface area (Å²) in [5, 5.41) is 10.9. The van der Waals surface area contributed by atoms with E-state index in [-0.39, 0.29) is 5.69 Å². The van der Waals surface area contributed by atoms with E-state index < -0.39 is 0 Å². The van der Waals surface area contributed by atoms with Crippen molar-refractivity contribution >= 4 is 11.8 Å². The van der Waals surface area contributed by atoms with Crippen LogP contribution in [0, 0.1) is 0 Å². The molecule has 1 aliphatic rings. The van der Waals surface area contributed by atoms with Gasteiger partial charge < -0.3 is 5.32 Å². The molecule has 1 aliphatic carbocycles. The third kappa shape index (κ3) is 3.39. The normalized spacial score (nSPS) is 14.5. The molecule has 6 heteroatoms. The molecule has 2 N–H and O–H groups in total. The lowest BCUT2D eigenvalue weighted by atomic mass is 10.2. The smallest absolute Gasteiger partial charge is 0.313 e. The predicted octanol–water partition coefficient (Wildman–Crippen LogP) is 2.56. The monoisotopic (exact) mass is 304 g/mol.